The van der Waals surface area contributed by atoms with Crippen molar-refractivity contribution in [3.8, 4) is 11.1 Å². The molecule has 0 saturated carbocycles. The molecule has 0 aliphatic heterocycles. The SMILES string of the molecule is CN(C)c1ccc(P(O)(O)(O)c2cc3ccc(C(C)(C)C)cc3cc2C(C)(C)C)c(-c2cc3ccc(C(C)(C)C)cc3cc2C(C)(C)C)c1. The van der Waals surface area contributed by atoms with Crippen molar-refractivity contribution in [3.63, 3.8) is 0 Å². The minimum absolute atomic E-state index is 0.00279. The summed E-state index contributed by atoms with van der Waals surface area (Å²) in [5.41, 5.74) is 5.82. The van der Waals surface area contributed by atoms with Gasteiger partial charge in [0.2, 0.25) is 0 Å². The average molecular weight is 680 g/mol. The Morgan fingerprint density at radius 1 is 0.429 bits per heavy atom. The van der Waals surface area contributed by atoms with Crippen LogP contribution in [0.1, 0.15) is 105 Å². The van der Waals surface area contributed by atoms with Gasteiger partial charge in [-0.05, 0) is 0 Å². The summed E-state index contributed by atoms with van der Waals surface area (Å²) in [5.74, 6) is 0. The molecule has 262 valence electrons. The van der Waals surface area contributed by atoms with Gasteiger partial charge < -0.3 is 0 Å². The standard InChI is InChI=1S/C44H58NO3P/c1-41(2,3)32-17-15-28-23-35(37(43(7,8)9)24-30(28)21-32)36-27-34(45(13)14)19-20-39(36)49(46,47,48)40-26-29-16-18-33(42(4,5)6)22-31(29)25-38(40)44(10,11)12/h15-27,46-48H,1-14H3. The molecule has 5 heteroatoms. The van der Waals surface area contributed by atoms with Gasteiger partial charge in [-0.15, -0.1) is 0 Å². The number of hydrogen-bond donors (Lipinski definition) is 3. The maximum absolute atomic E-state index is 12.7. The molecule has 5 rings (SSSR count). The first-order valence-corrected chi connectivity index (χ1v) is 19.5. The molecule has 0 aliphatic rings. The van der Waals surface area contributed by atoms with Crippen LogP contribution in [0.15, 0.2) is 78.9 Å². The average Bonchev–Trinajstić information content (AvgIpc) is 2.96. The molecule has 3 N–H and O–H groups in total. The second-order valence-electron chi connectivity index (χ2n) is 18.5. The number of nitrogens with zero attached hydrogens (tertiary/aromatic N) is 1. The third-order valence-electron chi connectivity index (χ3n) is 9.95. The van der Waals surface area contributed by atoms with Gasteiger partial charge in [-0.2, -0.15) is 0 Å². The molecule has 0 amide bonds. The first kappa shape index (κ1) is 37.0. The molecule has 5 aromatic carbocycles. The maximum atomic E-state index is 12.7. The van der Waals surface area contributed by atoms with Gasteiger partial charge in [-0.25, -0.2) is 0 Å². The van der Waals surface area contributed by atoms with E-state index in [1.165, 1.54) is 11.1 Å². The molecule has 0 aromatic heterocycles. The van der Waals surface area contributed by atoms with E-state index in [-0.39, 0.29) is 26.9 Å². The molecule has 0 aliphatic carbocycles. The van der Waals surface area contributed by atoms with Crippen molar-refractivity contribution in [1.29, 1.82) is 0 Å². The fraction of sp³-hybridized carbons (Fsp3) is 0.409. The Balaban J connectivity index is 1.89. The Kier molecular flexibility index (Phi) is 8.79. The zero-order chi connectivity index (χ0) is 36.7. The summed E-state index contributed by atoms with van der Waals surface area (Å²) >= 11 is 0. The van der Waals surface area contributed by atoms with E-state index < -0.39 is 12.7 Å². The summed E-state index contributed by atoms with van der Waals surface area (Å²) in [5, 5.41) is 4.38. The molecular weight excluding hydrogens is 621 g/mol. The van der Waals surface area contributed by atoms with E-state index in [0.29, 0.717) is 11.1 Å². The van der Waals surface area contributed by atoms with Crippen molar-refractivity contribution < 1.29 is 14.7 Å². The van der Waals surface area contributed by atoms with E-state index in [0.717, 1.165) is 38.4 Å². The summed E-state index contributed by atoms with van der Waals surface area (Å²) in [6.45, 7) is 26.0. The minimum atomic E-state index is -5.78. The van der Waals surface area contributed by atoms with Crippen LogP contribution < -0.4 is 15.5 Å². The van der Waals surface area contributed by atoms with E-state index in [4.69, 9.17) is 0 Å². The molecule has 0 atom stereocenters. The van der Waals surface area contributed by atoms with Crippen LogP contribution in [0.4, 0.5) is 5.69 Å². The second-order valence-corrected chi connectivity index (χ2v) is 21.4. The number of benzene rings is 5. The Morgan fingerprint density at radius 3 is 1.35 bits per heavy atom. The summed E-state index contributed by atoms with van der Waals surface area (Å²) in [7, 11) is -1.84. The second kappa shape index (κ2) is 11.6. The van der Waals surface area contributed by atoms with Gasteiger partial charge in [0.1, 0.15) is 0 Å². The summed E-state index contributed by atoms with van der Waals surface area (Å²) in [6, 6.07) is 26.8. The van der Waals surface area contributed by atoms with Crippen molar-refractivity contribution in [2.24, 2.45) is 0 Å². The quantitative estimate of drug-likeness (QED) is 0.166. The number of rotatable bonds is 4. The van der Waals surface area contributed by atoms with Crippen LogP contribution in [0.5, 0.6) is 0 Å². The van der Waals surface area contributed by atoms with Gasteiger partial charge in [0, 0.05) is 0 Å². The fourth-order valence-corrected chi connectivity index (χ4v) is 9.27. The number of fused-ring (bicyclic) bond motifs is 2. The van der Waals surface area contributed by atoms with Gasteiger partial charge in [0.15, 0.2) is 0 Å². The van der Waals surface area contributed by atoms with Gasteiger partial charge in [-0.1, -0.05) is 0 Å². The molecule has 0 bridgehead atoms. The molecule has 0 fully saturated rings. The molecule has 4 nitrogen and oxygen atoms in total. The topological polar surface area (TPSA) is 63.9 Å². The first-order chi connectivity index (χ1) is 22.2. The van der Waals surface area contributed by atoms with E-state index in [1.54, 1.807) is 6.07 Å². The molecular formula is C44H58NO3P. The molecule has 0 radical (unpaired) electrons. The first-order valence-electron chi connectivity index (χ1n) is 17.4. The van der Waals surface area contributed by atoms with Crippen LogP contribution in [0.3, 0.4) is 0 Å². The van der Waals surface area contributed by atoms with Gasteiger partial charge in [0.25, 0.3) is 0 Å². The molecule has 0 spiro atoms. The summed E-state index contributed by atoms with van der Waals surface area (Å²) < 4.78 is 0. The van der Waals surface area contributed by atoms with Gasteiger partial charge in [0.05, 0.1) is 0 Å². The third kappa shape index (κ3) is 7.04. The van der Waals surface area contributed by atoms with Crippen molar-refractivity contribution in [1.82, 2.24) is 0 Å². The Hall–Kier alpha value is -3.27. The predicted octanol–water partition coefficient (Wildman–Crippen LogP) is 10.1. The van der Waals surface area contributed by atoms with Crippen LogP contribution in [0.2, 0.25) is 0 Å². The van der Waals surface area contributed by atoms with E-state index in [2.05, 4.69) is 126 Å². The third-order valence-corrected chi connectivity index (χ3v) is 12.5. The van der Waals surface area contributed by atoms with E-state index in [9.17, 15) is 14.7 Å². The Labute approximate surface area is 295 Å². The van der Waals surface area contributed by atoms with Gasteiger partial charge >= 0.3 is 296 Å². The predicted molar refractivity (Wildman–Crippen MR) is 215 cm³/mol. The zero-order valence-corrected chi connectivity index (χ0v) is 33.1. The summed E-state index contributed by atoms with van der Waals surface area (Å²) in [4.78, 5) is 40.2. The normalized spacial score (nSPS) is 14.3. The van der Waals surface area contributed by atoms with Crippen LogP contribution in [-0.2, 0) is 21.7 Å². The Bertz CT molecular complexity index is 2070. The number of anilines is 1. The van der Waals surface area contributed by atoms with Crippen molar-refractivity contribution in [2.45, 2.75) is 105 Å². The monoisotopic (exact) mass is 679 g/mol. The van der Waals surface area contributed by atoms with Crippen molar-refractivity contribution in [2.75, 3.05) is 19.0 Å². The number of hydrogen-bond acceptors (Lipinski definition) is 4. The summed E-state index contributed by atoms with van der Waals surface area (Å²) in [6.07, 6.45) is 0. The fourth-order valence-electron chi connectivity index (χ4n) is 6.81. The molecule has 0 saturated heterocycles. The van der Waals surface area contributed by atoms with Crippen LogP contribution in [-0.4, -0.2) is 28.8 Å². The van der Waals surface area contributed by atoms with E-state index >= 15 is 0 Å². The van der Waals surface area contributed by atoms with Crippen LogP contribution in [0.25, 0.3) is 32.7 Å². The van der Waals surface area contributed by atoms with Crippen LogP contribution in [0, 0.1) is 0 Å². The van der Waals surface area contributed by atoms with Crippen molar-refractivity contribution in [3.05, 3.63) is 101 Å². The molecule has 49 heavy (non-hydrogen) atoms. The van der Waals surface area contributed by atoms with Gasteiger partial charge in [-0.3, -0.25) is 0 Å². The van der Waals surface area contributed by atoms with E-state index in [1.807, 2.05) is 49.3 Å². The molecule has 0 heterocycles. The van der Waals surface area contributed by atoms with Crippen LogP contribution >= 0.6 is 7.28 Å². The Morgan fingerprint density at radius 2 is 0.898 bits per heavy atom. The molecule has 0 unspecified atom stereocenters. The molecule has 5 aromatic rings. The zero-order valence-electron chi connectivity index (χ0n) is 32.2. The van der Waals surface area contributed by atoms with Crippen molar-refractivity contribution >= 4 is 45.1 Å².